The smallest absolute Gasteiger partial charge is 0.0122 e. The predicted octanol–water partition coefficient (Wildman–Crippen LogP) is 4.84. The summed E-state index contributed by atoms with van der Waals surface area (Å²) >= 11 is 0. The molecule has 1 aromatic carbocycles. The van der Waals surface area contributed by atoms with Gasteiger partial charge in [-0.25, -0.2) is 10.9 Å². The molecule has 1 aliphatic rings. The molecule has 0 atom stereocenters. The molecule has 1 heteroatoms. The second-order valence-corrected chi connectivity index (χ2v) is 8.79. The summed E-state index contributed by atoms with van der Waals surface area (Å²) in [4.78, 5) is 1.64. The monoisotopic (exact) mass is 250 g/mol. The fraction of sp³-hybridized carbons (Fsp3) is 0.625. The van der Waals surface area contributed by atoms with Gasteiger partial charge in [0.15, 0.2) is 0 Å². The van der Waals surface area contributed by atoms with Crippen molar-refractivity contribution in [1.29, 1.82) is 0 Å². The first-order chi connectivity index (χ1) is 7.98. The molecule has 0 bridgehead atoms. The summed E-state index contributed by atoms with van der Waals surface area (Å²) in [6.45, 7) is 9.20. The molecule has 1 fully saturated rings. The van der Waals surface area contributed by atoms with Gasteiger partial charge in [-0.15, -0.1) is 0 Å². The molecule has 0 aliphatic carbocycles. The van der Waals surface area contributed by atoms with Crippen LogP contribution in [0.3, 0.4) is 0 Å². The van der Waals surface area contributed by atoms with Crippen molar-refractivity contribution >= 4 is 10.9 Å². The van der Waals surface area contributed by atoms with Crippen LogP contribution < -0.4 is 0 Å². The van der Waals surface area contributed by atoms with Crippen LogP contribution in [-0.2, 0) is 5.41 Å². The summed E-state index contributed by atoms with van der Waals surface area (Å²) < 4.78 is 0. The van der Waals surface area contributed by atoms with Crippen LogP contribution in [0.5, 0.6) is 0 Å². The number of benzene rings is 1. The van der Waals surface area contributed by atoms with Crippen LogP contribution in [0.25, 0.3) is 0 Å². The van der Waals surface area contributed by atoms with E-state index in [4.69, 9.17) is 0 Å². The van der Waals surface area contributed by atoms with E-state index in [9.17, 15) is 0 Å². The van der Waals surface area contributed by atoms with E-state index in [1.807, 2.05) is 0 Å². The van der Waals surface area contributed by atoms with Crippen molar-refractivity contribution < 1.29 is 0 Å². The number of rotatable bonds is 1. The Bertz CT molecular complexity index is 381. The van der Waals surface area contributed by atoms with Crippen LogP contribution >= 0.6 is 10.9 Å². The Morgan fingerprint density at radius 2 is 1.65 bits per heavy atom. The van der Waals surface area contributed by atoms with E-state index < -0.39 is 0 Å². The molecule has 0 amide bonds. The van der Waals surface area contributed by atoms with Gasteiger partial charge < -0.3 is 0 Å². The molecular weight excluding hydrogens is 224 g/mol. The lowest BCUT2D eigenvalue weighted by molar-refractivity contribution is 0.585. The minimum absolute atomic E-state index is 0.169. The molecule has 0 aromatic heterocycles. The zero-order chi connectivity index (χ0) is 12.5. The molecule has 0 unspecified atom stereocenters. The maximum absolute atomic E-state index is 2.47. The quantitative estimate of drug-likeness (QED) is 0.678. The van der Waals surface area contributed by atoms with Crippen LogP contribution in [0.15, 0.2) is 23.1 Å². The molecular formula is C16H26S. The first kappa shape index (κ1) is 13.0. The van der Waals surface area contributed by atoms with Gasteiger partial charge in [0, 0.05) is 0 Å². The highest BCUT2D eigenvalue weighted by atomic mass is 32.2. The van der Waals surface area contributed by atoms with Crippen LogP contribution in [-0.4, -0.2) is 11.5 Å². The normalized spacial score (nSPS) is 19.4. The molecule has 1 saturated heterocycles. The Morgan fingerprint density at radius 3 is 2.18 bits per heavy atom. The van der Waals surface area contributed by atoms with Crippen LogP contribution in [0.1, 0.15) is 51.2 Å². The molecule has 1 aromatic rings. The summed E-state index contributed by atoms with van der Waals surface area (Å²) in [7, 11) is 0.169. The first-order valence-corrected chi connectivity index (χ1v) is 8.56. The number of thiol groups is 1. The zero-order valence-electron chi connectivity index (χ0n) is 11.7. The Kier molecular flexibility index (Phi) is 3.87. The second kappa shape index (κ2) is 5.06. The van der Waals surface area contributed by atoms with Gasteiger partial charge in [0.05, 0.1) is 0 Å². The van der Waals surface area contributed by atoms with Gasteiger partial charge in [0.25, 0.3) is 0 Å². The lowest BCUT2D eigenvalue weighted by Crippen LogP contribution is -2.13. The topological polar surface area (TPSA) is 0 Å². The third kappa shape index (κ3) is 3.07. The fourth-order valence-corrected chi connectivity index (χ4v) is 5.45. The Hall–Kier alpha value is -0.430. The van der Waals surface area contributed by atoms with Gasteiger partial charge in [0.1, 0.15) is 0 Å². The highest BCUT2D eigenvalue weighted by Crippen LogP contribution is 2.42. The second-order valence-electron chi connectivity index (χ2n) is 6.30. The molecule has 1 heterocycles. The summed E-state index contributed by atoms with van der Waals surface area (Å²) in [5, 5.41) is 0. The van der Waals surface area contributed by atoms with Crippen molar-refractivity contribution in [3.63, 3.8) is 0 Å². The van der Waals surface area contributed by atoms with E-state index in [2.05, 4.69) is 45.9 Å². The number of aryl methyl sites for hydroxylation is 1. The highest BCUT2D eigenvalue weighted by Gasteiger charge is 2.18. The van der Waals surface area contributed by atoms with Gasteiger partial charge in [0.2, 0.25) is 0 Å². The van der Waals surface area contributed by atoms with Gasteiger partial charge >= 0.3 is 0 Å². The van der Waals surface area contributed by atoms with E-state index in [1.54, 1.807) is 4.90 Å². The van der Waals surface area contributed by atoms with Gasteiger partial charge in [-0.3, -0.25) is 0 Å². The third-order valence-corrected chi connectivity index (χ3v) is 6.46. The molecule has 0 N–H and O–H groups in total. The zero-order valence-corrected chi connectivity index (χ0v) is 12.6. The Balaban J connectivity index is 2.24. The molecule has 0 nitrogen and oxygen atoms in total. The standard InChI is InChI=1S/C16H26S/c1-13-12-14(17-10-6-5-7-11-17)8-9-15(13)16(2,3)4/h8-9,12,17H,5-7,10-11H2,1-4H3. The maximum atomic E-state index is 2.47. The SMILES string of the molecule is Cc1cc([SH]2CCCCC2)ccc1C(C)(C)C. The van der Waals surface area contributed by atoms with Crippen molar-refractivity contribution in [3.05, 3.63) is 29.3 Å². The van der Waals surface area contributed by atoms with E-state index in [-0.39, 0.29) is 16.3 Å². The lowest BCUT2D eigenvalue weighted by atomic mass is 9.84. The largest absolute Gasteiger partial charge is 0.227 e. The summed E-state index contributed by atoms with van der Waals surface area (Å²) in [6.07, 6.45) is 4.36. The molecule has 0 saturated carbocycles. The first-order valence-electron chi connectivity index (χ1n) is 6.84. The average molecular weight is 250 g/mol. The Morgan fingerprint density at radius 1 is 1.00 bits per heavy atom. The minimum atomic E-state index is 0.169. The minimum Gasteiger partial charge on any atom is -0.227 e. The van der Waals surface area contributed by atoms with Crippen molar-refractivity contribution in [1.82, 2.24) is 0 Å². The summed E-state index contributed by atoms with van der Waals surface area (Å²) in [5.74, 6) is 2.92. The number of hydrogen-bond acceptors (Lipinski definition) is 0. The average Bonchev–Trinajstić information content (AvgIpc) is 2.28. The lowest BCUT2D eigenvalue weighted by Gasteiger charge is -2.28. The molecule has 1 aliphatic heterocycles. The number of hydrogen-bond donors (Lipinski definition) is 1. The van der Waals surface area contributed by atoms with E-state index in [0.29, 0.717) is 0 Å². The summed E-state index contributed by atoms with van der Waals surface area (Å²) in [6, 6.07) is 7.25. The van der Waals surface area contributed by atoms with Crippen LogP contribution in [0, 0.1) is 6.92 Å². The van der Waals surface area contributed by atoms with Crippen molar-refractivity contribution in [2.75, 3.05) is 11.5 Å². The summed E-state index contributed by atoms with van der Waals surface area (Å²) in [5.41, 5.74) is 3.28. The highest BCUT2D eigenvalue weighted by molar-refractivity contribution is 8.17. The predicted molar refractivity (Wildman–Crippen MR) is 80.7 cm³/mol. The molecule has 17 heavy (non-hydrogen) atoms. The van der Waals surface area contributed by atoms with Gasteiger partial charge in [-0.1, -0.05) is 33.3 Å². The van der Waals surface area contributed by atoms with Gasteiger partial charge in [-0.2, -0.15) is 0 Å². The van der Waals surface area contributed by atoms with E-state index in [1.165, 1.54) is 41.9 Å². The van der Waals surface area contributed by atoms with Crippen LogP contribution in [0.4, 0.5) is 0 Å². The molecule has 0 spiro atoms. The molecule has 2 rings (SSSR count). The van der Waals surface area contributed by atoms with Crippen LogP contribution in [0.2, 0.25) is 0 Å². The molecule has 96 valence electrons. The van der Waals surface area contributed by atoms with Crippen molar-refractivity contribution in [2.45, 2.75) is 57.3 Å². The third-order valence-electron chi connectivity index (χ3n) is 3.74. The van der Waals surface area contributed by atoms with Crippen molar-refractivity contribution in [3.8, 4) is 0 Å². The van der Waals surface area contributed by atoms with Gasteiger partial charge in [-0.05, 0) is 64.8 Å². The van der Waals surface area contributed by atoms with E-state index in [0.717, 1.165) is 0 Å². The fourth-order valence-electron chi connectivity index (χ4n) is 2.84. The maximum Gasteiger partial charge on any atom is -0.0122 e. The van der Waals surface area contributed by atoms with Crippen molar-refractivity contribution in [2.24, 2.45) is 0 Å². The van der Waals surface area contributed by atoms with E-state index >= 15 is 0 Å². The Labute approximate surface area is 109 Å². The molecule has 0 radical (unpaired) electrons.